The Morgan fingerprint density at radius 3 is 2.57 bits per heavy atom. The van der Waals surface area contributed by atoms with Crippen LogP contribution in [-0.2, 0) is 4.74 Å². The van der Waals surface area contributed by atoms with Gasteiger partial charge in [0.25, 0.3) is 0 Å². The van der Waals surface area contributed by atoms with Crippen molar-refractivity contribution in [3.05, 3.63) is 30.1 Å². The zero-order valence-corrected chi connectivity index (χ0v) is 17.8. The number of likely N-dealkylation sites (tertiary alicyclic amines) is 1. The van der Waals surface area contributed by atoms with Gasteiger partial charge in [-0.25, -0.2) is 19.4 Å². The van der Waals surface area contributed by atoms with Crippen LogP contribution in [0.15, 0.2) is 24.3 Å². The Kier molecular flexibility index (Phi) is 5.05. The lowest BCUT2D eigenvalue weighted by Gasteiger charge is -2.33. The minimum Gasteiger partial charge on any atom is -0.444 e. The number of anilines is 1. The molecule has 1 saturated heterocycles. The van der Waals surface area contributed by atoms with E-state index in [0.717, 1.165) is 35.1 Å². The van der Waals surface area contributed by atoms with Crippen molar-refractivity contribution in [2.75, 3.05) is 18.8 Å². The van der Waals surface area contributed by atoms with Gasteiger partial charge in [0.15, 0.2) is 0 Å². The van der Waals surface area contributed by atoms with E-state index in [9.17, 15) is 4.79 Å². The SMILES string of the molecule is Cc1nc(N)cc(-c2ccc3c(c2)nnn3C2CCN(C(=O)OC(C)(C)C)CC2)n1. The van der Waals surface area contributed by atoms with Crippen molar-refractivity contribution >= 4 is 22.9 Å². The molecule has 9 heteroatoms. The van der Waals surface area contributed by atoms with Gasteiger partial charge in [-0.1, -0.05) is 11.3 Å². The number of carbonyl (C=O) groups is 1. The number of piperidine rings is 1. The summed E-state index contributed by atoms with van der Waals surface area (Å²) in [5, 5.41) is 8.75. The summed E-state index contributed by atoms with van der Waals surface area (Å²) in [7, 11) is 0. The number of hydrogen-bond acceptors (Lipinski definition) is 7. The second kappa shape index (κ2) is 7.55. The highest BCUT2D eigenvalue weighted by Gasteiger charge is 2.28. The van der Waals surface area contributed by atoms with E-state index in [-0.39, 0.29) is 12.1 Å². The molecule has 1 fully saturated rings. The quantitative estimate of drug-likeness (QED) is 0.690. The van der Waals surface area contributed by atoms with Gasteiger partial charge in [-0.15, -0.1) is 5.10 Å². The lowest BCUT2D eigenvalue weighted by molar-refractivity contribution is 0.0185. The molecule has 0 unspecified atom stereocenters. The largest absolute Gasteiger partial charge is 0.444 e. The first kappa shape index (κ1) is 20.1. The zero-order chi connectivity index (χ0) is 21.5. The number of nitrogens with zero attached hydrogens (tertiary/aromatic N) is 6. The Labute approximate surface area is 175 Å². The third kappa shape index (κ3) is 4.19. The fraction of sp³-hybridized carbons (Fsp3) is 0.476. The molecule has 158 valence electrons. The van der Waals surface area contributed by atoms with Gasteiger partial charge in [-0.05, 0) is 52.7 Å². The molecule has 3 aromatic rings. The van der Waals surface area contributed by atoms with Gasteiger partial charge in [0.05, 0.1) is 17.3 Å². The predicted octanol–water partition coefficient (Wildman–Crippen LogP) is 3.35. The summed E-state index contributed by atoms with van der Waals surface area (Å²) in [6, 6.07) is 7.93. The number of ether oxygens (including phenoxy) is 1. The first-order valence-corrected chi connectivity index (χ1v) is 10.1. The van der Waals surface area contributed by atoms with Crippen LogP contribution in [0.2, 0.25) is 0 Å². The summed E-state index contributed by atoms with van der Waals surface area (Å²) in [6.07, 6.45) is 1.36. The van der Waals surface area contributed by atoms with Gasteiger partial charge < -0.3 is 15.4 Å². The van der Waals surface area contributed by atoms with Crippen LogP contribution >= 0.6 is 0 Å². The Morgan fingerprint density at radius 1 is 1.17 bits per heavy atom. The highest BCUT2D eigenvalue weighted by Crippen LogP contribution is 2.28. The van der Waals surface area contributed by atoms with E-state index in [0.29, 0.717) is 24.7 Å². The molecule has 0 radical (unpaired) electrons. The summed E-state index contributed by atoms with van der Waals surface area (Å²) in [5.41, 5.74) is 8.83. The maximum atomic E-state index is 12.3. The molecule has 0 bridgehead atoms. The van der Waals surface area contributed by atoms with Crippen molar-refractivity contribution < 1.29 is 9.53 Å². The number of aryl methyl sites for hydroxylation is 1. The van der Waals surface area contributed by atoms with E-state index in [1.54, 1.807) is 11.0 Å². The van der Waals surface area contributed by atoms with E-state index in [1.807, 2.05) is 50.6 Å². The molecule has 1 aliphatic rings. The third-order valence-corrected chi connectivity index (χ3v) is 5.09. The Bertz CT molecular complexity index is 1060. The molecule has 4 rings (SSSR count). The van der Waals surface area contributed by atoms with E-state index in [2.05, 4.69) is 20.3 Å². The first-order valence-electron chi connectivity index (χ1n) is 10.1. The second-order valence-corrected chi connectivity index (χ2v) is 8.66. The summed E-state index contributed by atoms with van der Waals surface area (Å²) in [6.45, 7) is 8.73. The lowest BCUT2D eigenvalue weighted by Crippen LogP contribution is -2.42. The van der Waals surface area contributed by atoms with Gasteiger partial charge >= 0.3 is 6.09 Å². The molecule has 2 N–H and O–H groups in total. The minimum absolute atomic E-state index is 0.191. The predicted molar refractivity (Wildman–Crippen MR) is 114 cm³/mol. The number of fused-ring (bicyclic) bond motifs is 1. The van der Waals surface area contributed by atoms with Gasteiger partial charge in [0.1, 0.15) is 22.8 Å². The summed E-state index contributed by atoms with van der Waals surface area (Å²) in [4.78, 5) is 22.6. The van der Waals surface area contributed by atoms with Gasteiger partial charge in [-0.3, -0.25) is 0 Å². The smallest absolute Gasteiger partial charge is 0.410 e. The normalized spacial score (nSPS) is 15.5. The third-order valence-electron chi connectivity index (χ3n) is 5.09. The Morgan fingerprint density at radius 2 is 1.90 bits per heavy atom. The molecule has 0 atom stereocenters. The second-order valence-electron chi connectivity index (χ2n) is 8.66. The fourth-order valence-electron chi connectivity index (χ4n) is 3.73. The van der Waals surface area contributed by atoms with Crippen LogP contribution in [0, 0.1) is 6.92 Å². The molecule has 0 aliphatic carbocycles. The van der Waals surface area contributed by atoms with Crippen molar-refractivity contribution in [3.63, 3.8) is 0 Å². The standard InChI is InChI=1S/C21H27N7O2/c1-13-23-16(12-19(22)24-13)14-5-6-18-17(11-14)25-26-28(18)15-7-9-27(10-8-15)20(29)30-21(2,3)4/h5-6,11-12,15H,7-10H2,1-4H3,(H2,22,23,24). The lowest BCUT2D eigenvalue weighted by atomic mass is 10.0. The van der Waals surface area contributed by atoms with Crippen molar-refractivity contribution in [3.8, 4) is 11.3 Å². The molecule has 30 heavy (non-hydrogen) atoms. The van der Waals surface area contributed by atoms with E-state index in [1.165, 1.54) is 0 Å². The Balaban J connectivity index is 1.50. The zero-order valence-electron chi connectivity index (χ0n) is 17.8. The molecule has 2 aromatic heterocycles. The van der Waals surface area contributed by atoms with E-state index < -0.39 is 5.60 Å². The van der Waals surface area contributed by atoms with Crippen LogP contribution in [-0.4, -0.2) is 54.6 Å². The van der Waals surface area contributed by atoms with Crippen LogP contribution in [0.3, 0.4) is 0 Å². The van der Waals surface area contributed by atoms with Crippen LogP contribution < -0.4 is 5.73 Å². The highest BCUT2D eigenvalue weighted by atomic mass is 16.6. The van der Waals surface area contributed by atoms with Crippen LogP contribution in [0.1, 0.15) is 45.5 Å². The molecule has 3 heterocycles. The molecule has 0 spiro atoms. The molecule has 1 amide bonds. The summed E-state index contributed by atoms with van der Waals surface area (Å²) >= 11 is 0. The molecular formula is C21H27N7O2. The van der Waals surface area contributed by atoms with Crippen molar-refractivity contribution in [1.29, 1.82) is 0 Å². The molecule has 1 aliphatic heterocycles. The van der Waals surface area contributed by atoms with Gasteiger partial charge in [0, 0.05) is 24.7 Å². The van der Waals surface area contributed by atoms with Crippen molar-refractivity contribution in [1.82, 2.24) is 29.9 Å². The fourth-order valence-corrected chi connectivity index (χ4v) is 3.73. The highest BCUT2D eigenvalue weighted by molar-refractivity contribution is 5.81. The van der Waals surface area contributed by atoms with Crippen LogP contribution in [0.25, 0.3) is 22.3 Å². The molecule has 0 saturated carbocycles. The number of nitrogen functional groups attached to an aromatic ring is 1. The van der Waals surface area contributed by atoms with E-state index in [4.69, 9.17) is 10.5 Å². The average Bonchev–Trinajstić information content (AvgIpc) is 3.09. The van der Waals surface area contributed by atoms with Gasteiger partial charge in [0.2, 0.25) is 0 Å². The van der Waals surface area contributed by atoms with Crippen molar-refractivity contribution in [2.45, 2.75) is 52.2 Å². The average molecular weight is 409 g/mol. The summed E-state index contributed by atoms with van der Waals surface area (Å²) < 4.78 is 7.44. The minimum atomic E-state index is -0.485. The number of hydrogen-bond donors (Lipinski definition) is 1. The van der Waals surface area contributed by atoms with Crippen molar-refractivity contribution in [2.24, 2.45) is 0 Å². The van der Waals surface area contributed by atoms with E-state index >= 15 is 0 Å². The van der Waals surface area contributed by atoms with Crippen LogP contribution in [0.5, 0.6) is 0 Å². The van der Waals surface area contributed by atoms with Gasteiger partial charge in [-0.2, -0.15) is 0 Å². The first-order chi connectivity index (χ1) is 14.2. The topological polar surface area (TPSA) is 112 Å². The number of benzene rings is 1. The molecular weight excluding hydrogens is 382 g/mol. The maximum Gasteiger partial charge on any atom is 0.410 e. The number of aromatic nitrogens is 5. The summed E-state index contributed by atoms with van der Waals surface area (Å²) in [5.74, 6) is 1.07. The number of rotatable bonds is 2. The maximum absolute atomic E-state index is 12.3. The number of carbonyl (C=O) groups excluding carboxylic acids is 1. The molecule has 9 nitrogen and oxygen atoms in total. The monoisotopic (exact) mass is 409 g/mol. The Hall–Kier alpha value is -3.23. The van der Waals surface area contributed by atoms with Crippen LogP contribution in [0.4, 0.5) is 10.6 Å². The molecule has 1 aromatic carbocycles. The number of amides is 1. The number of nitrogens with two attached hydrogens (primary N) is 1.